The number of amidine groups is 1. The van der Waals surface area contributed by atoms with Gasteiger partial charge in [0.05, 0.1) is 0 Å². The minimum absolute atomic E-state index is 0.182. The Morgan fingerprint density at radius 1 is 1.30 bits per heavy atom. The molecule has 1 saturated carbocycles. The summed E-state index contributed by atoms with van der Waals surface area (Å²) >= 11 is 3.46. The molecule has 0 aromatic heterocycles. The highest BCUT2D eigenvalue weighted by atomic mass is 79.9. The number of hydrogen-bond donors (Lipinski definition) is 2. The molecule has 0 radical (unpaired) electrons. The van der Waals surface area contributed by atoms with E-state index in [2.05, 4.69) is 32.1 Å². The van der Waals surface area contributed by atoms with Crippen LogP contribution in [0, 0.1) is 5.92 Å². The molecule has 1 aromatic rings. The van der Waals surface area contributed by atoms with E-state index < -0.39 is 0 Å². The minimum atomic E-state index is 0.182. The van der Waals surface area contributed by atoms with Crippen molar-refractivity contribution in [1.29, 1.82) is 0 Å². The number of nitrogens with zero attached hydrogens (tertiary/aromatic N) is 2. The Hall–Kier alpha value is -1.23. The summed E-state index contributed by atoms with van der Waals surface area (Å²) in [5.41, 5.74) is 7.77. The number of halogens is 1. The Bertz CT molecular complexity index is 532. The summed E-state index contributed by atoms with van der Waals surface area (Å²) in [7, 11) is 0. The van der Waals surface area contributed by atoms with E-state index in [0.717, 1.165) is 28.2 Å². The molecule has 3 N–H and O–H groups in total. The van der Waals surface area contributed by atoms with E-state index in [4.69, 9.17) is 10.9 Å². The highest BCUT2D eigenvalue weighted by Gasteiger charge is 2.36. The summed E-state index contributed by atoms with van der Waals surface area (Å²) in [4.78, 5) is 2.47. The van der Waals surface area contributed by atoms with E-state index >= 15 is 0 Å². The molecule has 5 heteroatoms. The van der Waals surface area contributed by atoms with Gasteiger partial charge in [0.1, 0.15) is 0 Å². The maximum atomic E-state index is 9.02. The third-order valence-corrected chi connectivity index (χ3v) is 5.14. The standard InChI is InChI=1S/C15H20BrN3O/c16-11-6-7-14(12(9-11)15(17)18-20)19-8-2-4-10-3-1-5-13(10)19/h6-7,9-10,13,20H,1-5,8H2,(H2,17,18). The molecule has 1 saturated heterocycles. The molecule has 1 aromatic carbocycles. The molecule has 108 valence electrons. The van der Waals surface area contributed by atoms with E-state index in [1.807, 2.05) is 12.1 Å². The molecule has 1 heterocycles. The fraction of sp³-hybridized carbons (Fsp3) is 0.533. The number of oxime groups is 1. The van der Waals surface area contributed by atoms with Crippen molar-refractivity contribution in [3.63, 3.8) is 0 Å². The van der Waals surface area contributed by atoms with Gasteiger partial charge < -0.3 is 15.8 Å². The maximum absolute atomic E-state index is 9.02. The molecule has 2 unspecified atom stereocenters. The zero-order valence-corrected chi connectivity index (χ0v) is 13.0. The van der Waals surface area contributed by atoms with Crippen LogP contribution in [0.4, 0.5) is 5.69 Å². The lowest BCUT2D eigenvalue weighted by Gasteiger charge is -2.40. The van der Waals surface area contributed by atoms with Gasteiger partial charge in [-0.15, -0.1) is 0 Å². The van der Waals surface area contributed by atoms with Gasteiger partial charge in [-0.2, -0.15) is 0 Å². The highest BCUT2D eigenvalue weighted by molar-refractivity contribution is 9.10. The van der Waals surface area contributed by atoms with Gasteiger partial charge in [0.25, 0.3) is 0 Å². The van der Waals surface area contributed by atoms with Gasteiger partial charge >= 0.3 is 0 Å². The molecule has 2 aliphatic rings. The number of benzene rings is 1. The molecule has 20 heavy (non-hydrogen) atoms. The first kappa shape index (κ1) is 13.7. The topological polar surface area (TPSA) is 61.9 Å². The molecule has 0 spiro atoms. The lowest BCUT2D eigenvalue weighted by Crippen LogP contribution is -2.43. The number of anilines is 1. The fourth-order valence-electron chi connectivity index (χ4n) is 3.77. The number of piperidine rings is 1. The van der Waals surface area contributed by atoms with E-state index in [-0.39, 0.29) is 5.84 Å². The van der Waals surface area contributed by atoms with Gasteiger partial charge in [-0.05, 0) is 49.8 Å². The highest BCUT2D eigenvalue weighted by Crippen LogP contribution is 2.40. The zero-order valence-electron chi connectivity index (χ0n) is 11.4. The third-order valence-electron chi connectivity index (χ3n) is 4.64. The van der Waals surface area contributed by atoms with E-state index in [9.17, 15) is 0 Å². The first-order valence-corrected chi connectivity index (χ1v) is 8.04. The Kier molecular flexibility index (Phi) is 3.87. The van der Waals surface area contributed by atoms with E-state index in [0.29, 0.717) is 6.04 Å². The Morgan fingerprint density at radius 3 is 2.90 bits per heavy atom. The molecule has 0 bridgehead atoms. The minimum Gasteiger partial charge on any atom is -0.409 e. The van der Waals surface area contributed by atoms with Gasteiger partial charge in [0, 0.05) is 28.3 Å². The summed E-state index contributed by atoms with van der Waals surface area (Å²) in [6, 6.07) is 6.67. The number of hydrogen-bond acceptors (Lipinski definition) is 3. The first-order chi connectivity index (χ1) is 9.70. The van der Waals surface area contributed by atoms with Crippen molar-refractivity contribution < 1.29 is 5.21 Å². The van der Waals surface area contributed by atoms with Crippen molar-refractivity contribution in [3.05, 3.63) is 28.2 Å². The molecule has 0 amide bonds. The normalized spacial score (nSPS) is 26.6. The predicted octanol–water partition coefficient (Wildman–Crippen LogP) is 3.31. The van der Waals surface area contributed by atoms with Gasteiger partial charge in [-0.1, -0.05) is 27.5 Å². The van der Waals surface area contributed by atoms with Crippen LogP contribution in [-0.2, 0) is 0 Å². The van der Waals surface area contributed by atoms with Crippen molar-refractivity contribution in [3.8, 4) is 0 Å². The van der Waals surface area contributed by atoms with Crippen molar-refractivity contribution in [2.24, 2.45) is 16.8 Å². The Labute approximate surface area is 127 Å². The zero-order chi connectivity index (χ0) is 14.1. The lowest BCUT2D eigenvalue weighted by molar-refractivity contribution is 0.318. The second kappa shape index (κ2) is 5.64. The summed E-state index contributed by atoms with van der Waals surface area (Å²) in [6.45, 7) is 1.06. The molecule has 3 rings (SSSR count). The van der Waals surface area contributed by atoms with Crippen LogP contribution in [0.25, 0.3) is 0 Å². The summed E-state index contributed by atoms with van der Waals surface area (Å²) in [5, 5.41) is 12.2. The number of fused-ring (bicyclic) bond motifs is 1. The second-order valence-corrected chi connectivity index (χ2v) is 6.66. The molecular weight excluding hydrogens is 318 g/mol. The van der Waals surface area contributed by atoms with Crippen LogP contribution in [0.15, 0.2) is 27.8 Å². The molecular formula is C15H20BrN3O. The van der Waals surface area contributed by atoms with Gasteiger partial charge in [-0.3, -0.25) is 0 Å². The van der Waals surface area contributed by atoms with Gasteiger partial charge in [-0.25, -0.2) is 0 Å². The van der Waals surface area contributed by atoms with Crippen LogP contribution in [0.3, 0.4) is 0 Å². The Morgan fingerprint density at radius 2 is 2.10 bits per heavy atom. The molecule has 2 fully saturated rings. The Balaban J connectivity index is 2.00. The van der Waals surface area contributed by atoms with Crippen molar-refractivity contribution in [2.45, 2.75) is 38.1 Å². The van der Waals surface area contributed by atoms with Gasteiger partial charge in [0.2, 0.25) is 0 Å². The average Bonchev–Trinajstić information content (AvgIpc) is 2.95. The predicted molar refractivity (Wildman–Crippen MR) is 84.4 cm³/mol. The largest absolute Gasteiger partial charge is 0.409 e. The van der Waals surface area contributed by atoms with Gasteiger partial charge in [0.15, 0.2) is 5.84 Å². The van der Waals surface area contributed by atoms with E-state index in [1.54, 1.807) is 0 Å². The van der Waals surface area contributed by atoms with Crippen LogP contribution in [0.2, 0.25) is 0 Å². The van der Waals surface area contributed by atoms with Crippen LogP contribution in [-0.4, -0.2) is 23.6 Å². The summed E-state index contributed by atoms with van der Waals surface area (Å²) in [6.07, 6.45) is 6.50. The molecule has 1 aliphatic heterocycles. The SMILES string of the molecule is N/C(=N/O)c1cc(Br)ccc1N1CCCC2CCCC21. The van der Waals surface area contributed by atoms with Crippen molar-refractivity contribution >= 4 is 27.5 Å². The van der Waals surface area contributed by atoms with Crippen LogP contribution in [0.5, 0.6) is 0 Å². The van der Waals surface area contributed by atoms with Crippen molar-refractivity contribution in [2.75, 3.05) is 11.4 Å². The second-order valence-electron chi connectivity index (χ2n) is 5.74. The first-order valence-electron chi connectivity index (χ1n) is 7.25. The number of nitrogens with two attached hydrogens (primary N) is 1. The summed E-state index contributed by atoms with van der Waals surface area (Å²) in [5.74, 6) is 0.994. The quantitative estimate of drug-likeness (QED) is 0.376. The monoisotopic (exact) mass is 337 g/mol. The van der Waals surface area contributed by atoms with Crippen LogP contribution < -0.4 is 10.6 Å². The lowest BCUT2D eigenvalue weighted by atomic mass is 9.91. The van der Waals surface area contributed by atoms with Crippen LogP contribution >= 0.6 is 15.9 Å². The van der Waals surface area contributed by atoms with Crippen LogP contribution in [0.1, 0.15) is 37.7 Å². The number of rotatable bonds is 2. The fourth-order valence-corrected chi connectivity index (χ4v) is 4.13. The molecule has 2 atom stereocenters. The van der Waals surface area contributed by atoms with E-state index in [1.165, 1.54) is 32.1 Å². The average molecular weight is 338 g/mol. The summed E-state index contributed by atoms with van der Waals surface area (Å²) < 4.78 is 0.947. The molecule has 4 nitrogen and oxygen atoms in total. The van der Waals surface area contributed by atoms with Crippen molar-refractivity contribution in [1.82, 2.24) is 0 Å². The molecule has 1 aliphatic carbocycles. The maximum Gasteiger partial charge on any atom is 0.172 e. The smallest absolute Gasteiger partial charge is 0.172 e. The third kappa shape index (κ3) is 2.39.